The molecule has 1 rings (SSSR count). The minimum atomic E-state index is -1.35. The monoisotopic (exact) mass is 280 g/mol. The number of alkyl halides is 3. The minimum Gasteiger partial charge on any atom is -0.258 e. The van der Waals surface area contributed by atoms with E-state index in [0.717, 1.165) is 5.56 Å². The highest BCUT2D eigenvalue weighted by atomic mass is 35.6. The first-order chi connectivity index (χ1) is 7.38. The molecule has 0 aliphatic heterocycles. The lowest BCUT2D eigenvalue weighted by molar-refractivity contribution is -0.384. The Balaban J connectivity index is 2.47. The van der Waals surface area contributed by atoms with Crippen molar-refractivity contribution in [1.29, 1.82) is 0 Å². The molecule has 0 spiro atoms. The summed E-state index contributed by atoms with van der Waals surface area (Å²) < 4.78 is -1.35. The molecule has 0 atom stereocenters. The van der Waals surface area contributed by atoms with Crippen molar-refractivity contribution >= 4 is 40.5 Å². The Labute approximate surface area is 108 Å². The number of nitro benzene ring substituents is 1. The Bertz CT molecular complexity index is 359. The third kappa shape index (κ3) is 5.01. The number of non-ortho nitro benzene ring substituents is 1. The van der Waals surface area contributed by atoms with Crippen LogP contribution in [0.2, 0.25) is 0 Å². The lowest BCUT2D eigenvalue weighted by Gasteiger charge is -2.09. The van der Waals surface area contributed by atoms with E-state index in [0.29, 0.717) is 12.8 Å². The standard InChI is InChI=1S/C10H9Cl3NO2/c11-10(12,13)7-1-2-8-3-5-9(6-4-8)14(15)16/h3-7H,1-2H2. The summed E-state index contributed by atoms with van der Waals surface area (Å²) in [7, 11) is 0. The maximum absolute atomic E-state index is 10.4. The molecule has 1 radical (unpaired) electrons. The molecular formula is C10H9Cl3NO2. The highest BCUT2D eigenvalue weighted by Crippen LogP contribution is 2.30. The average Bonchev–Trinajstić information content (AvgIpc) is 2.16. The second-order valence-electron chi connectivity index (χ2n) is 3.21. The van der Waals surface area contributed by atoms with Crippen LogP contribution in [-0.2, 0) is 6.42 Å². The second kappa shape index (κ2) is 5.71. The molecule has 87 valence electrons. The summed E-state index contributed by atoms with van der Waals surface area (Å²) in [5.74, 6) is 0. The van der Waals surface area contributed by atoms with Crippen molar-refractivity contribution in [2.45, 2.75) is 16.6 Å². The fourth-order valence-corrected chi connectivity index (χ4v) is 1.51. The van der Waals surface area contributed by atoms with Crippen LogP contribution < -0.4 is 0 Å². The van der Waals surface area contributed by atoms with E-state index < -0.39 is 8.72 Å². The third-order valence-corrected chi connectivity index (χ3v) is 2.42. The SMILES string of the molecule is O=[N+]([O-])c1ccc(CC[CH]C(Cl)(Cl)Cl)cc1. The molecule has 1 aromatic carbocycles. The predicted octanol–water partition coefficient (Wildman–Crippen LogP) is 4.10. The van der Waals surface area contributed by atoms with E-state index in [2.05, 4.69) is 0 Å². The van der Waals surface area contributed by atoms with Crippen LogP contribution in [0.25, 0.3) is 0 Å². The Hall–Kier alpha value is -0.510. The zero-order chi connectivity index (χ0) is 12.2. The van der Waals surface area contributed by atoms with E-state index in [1.165, 1.54) is 12.1 Å². The van der Waals surface area contributed by atoms with Gasteiger partial charge in [0.1, 0.15) is 0 Å². The summed E-state index contributed by atoms with van der Waals surface area (Å²) in [6.45, 7) is 0. The summed E-state index contributed by atoms with van der Waals surface area (Å²) in [6, 6.07) is 6.32. The smallest absolute Gasteiger partial charge is 0.258 e. The van der Waals surface area contributed by atoms with Crippen LogP contribution in [0.15, 0.2) is 24.3 Å². The highest BCUT2D eigenvalue weighted by Gasteiger charge is 2.18. The van der Waals surface area contributed by atoms with Gasteiger partial charge in [-0.15, -0.1) is 0 Å². The lowest BCUT2D eigenvalue weighted by Crippen LogP contribution is -2.03. The van der Waals surface area contributed by atoms with Crippen LogP contribution in [0.3, 0.4) is 0 Å². The molecule has 0 aliphatic rings. The molecule has 0 fully saturated rings. The number of hydrogen-bond acceptors (Lipinski definition) is 2. The molecule has 0 unspecified atom stereocenters. The van der Waals surface area contributed by atoms with Gasteiger partial charge in [0.05, 0.1) is 4.92 Å². The number of rotatable bonds is 4. The van der Waals surface area contributed by atoms with Crippen molar-refractivity contribution in [1.82, 2.24) is 0 Å². The number of hydrogen-bond donors (Lipinski definition) is 0. The van der Waals surface area contributed by atoms with E-state index in [-0.39, 0.29) is 5.69 Å². The normalized spacial score (nSPS) is 11.4. The molecule has 3 nitrogen and oxygen atoms in total. The van der Waals surface area contributed by atoms with Gasteiger partial charge in [-0.05, 0) is 18.4 Å². The molecule has 0 bridgehead atoms. The first-order valence-electron chi connectivity index (χ1n) is 4.53. The van der Waals surface area contributed by atoms with Crippen LogP contribution in [0, 0.1) is 16.5 Å². The van der Waals surface area contributed by atoms with E-state index in [9.17, 15) is 10.1 Å². The van der Waals surface area contributed by atoms with Gasteiger partial charge < -0.3 is 0 Å². The number of nitrogens with zero attached hydrogens (tertiary/aromatic N) is 1. The quantitative estimate of drug-likeness (QED) is 0.474. The number of halogens is 3. The molecule has 0 saturated carbocycles. The molecule has 0 aliphatic carbocycles. The number of benzene rings is 1. The van der Waals surface area contributed by atoms with Gasteiger partial charge in [0, 0.05) is 18.6 Å². The van der Waals surface area contributed by atoms with Gasteiger partial charge in [-0.2, -0.15) is 0 Å². The van der Waals surface area contributed by atoms with E-state index >= 15 is 0 Å². The Morgan fingerprint density at radius 1 is 1.25 bits per heavy atom. The Morgan fingerprint density at radius 3 is 2.25 bits per heavy atom. The van der Waals surface area contributed by atoms with E-state index in [1.807, 2.05) is 0 Å². The van der Waals surface area contributed by atoms with Crippen molar-refractivity contribution in [2.75, 3.05) is 0 Å². The number of nitro groups is 1. The van der Waals surface area contributed by atoms with E-state index in [4.69, 9.17) is 34.8 Å². The van der Waals surface area contributed by atoms with Crippen molar-refractivity contribution < 1.29 is 4.92 Å². The van der Waals surface area contributed by atoms with Gasteiger partial charge in [-0.25, -0.2) is 0 Å². The van der Waals surface area contributed by atoms with Crippen molar-refractivity contribution in [3.8, 4) is 0 Å². The predicted molar refractivity (Wildman–Crippen MR) is 66.0 cm³/mol. The number of aryl methyl sites for hydroxylation is 1. The molecular weight excluding hydrogens is 272 g/mol. The second-order valence-corrected chi connectivity index (χ2v) is 5.58. The fraction of sp³-hybridized carbons (Fsp3) is 0.300. The maximum Gasteiger partial charge on any atom is 0.269 e. The zero-order valence-corrected chi connectivity index (χ0v) is 10.5. The van der Waals surface area contributed by atoms with E-state index in [1.54, 1.807) is 18.6 Å². The largest absolute Gasteiger partial charge is 0.269 e. The first kappa shape index (κ1) is 13.6. The molecule has 0 N–H and O–H groups in total. The molecule has 0 amide bonds. The summed E-state index contributed by atoms with van der Waals surface area (Å²) in [5.41, 5.74) is 1.05. The van der Waals surface area contributed by atoms with Crippen LogP contribution in [-0.4, -0.2) is 8.72 Å². The summed E-state index contributed by atoms with van der Waals surface area (Å²) in [6.07, 6.45) is 2.86. The Morgan fingerprint density at radius 2 is 1.81 bits per heavy atom. The molecule has 0 aromatic heterocycles. The van der Waals surface area contributed by atoms with Crippen molar-refractivity contribution in [3.63, 3.8) is 0 Å². The Kier molecular flexibility index (Phi) is 4.84. The van der Waals surface area contributed by atoms with Gasteiger partial charge in [0.2, 0.25) is 0 Å². The first-order valence-corrected chi connectivity index (χ1v) is 5.66. The summed E-state index contributed by atoms with van der Waals surface area (Å²) >= 11 is 16.7. The average molecular weight is 282 g/mol. The van der Waals surface area contributed by atoms with Gasteiger partial charge in [-0.1, -0.05) is 46.9 Å². The van der Waals surface area contributed by atoms with Gasteiger partial charge in [0.25, 0.3) is 5.69 Å². The molecule has 1 aromatic rings. The van der Waals surface area contributed by atoms with Crippen molar-refractivity contribution in [2.24, 2.45) is 0 Å². The van der Waals surface area contributed by atoms with Crippen LogP contribution in [0.5, 0.6) is 0 Å². The highest BCUT2D eigenvalue weighted by molar-refractivity contribution is 6.68. The van der Waals surface area contributed by atoms with Gasteiger partial charge >= 0.3 is 0 Å². The fourth-order valence-electron chi connectivity index (χ4n) is 1.19. The molecule has 6 heteroatoms. The lowest BCUT2D eigenvalue weighted by atomic mass is 10.1. The summed E-state index contributed by atoms with van der Waals surface area (Å²) in [4.78, 5) is 9.97. The van der Waals surface area contributed by atoms with Crippen LogP contribution in [0.1, 0.15) is 12.0 Å². The van der Waals surface area contributed by atoms with Crippen LogP contribution >= 0.6 is 34.8 Å². The van der Waals surface area contributed by atoms with Crippen LogP contribution in [0.4, 0.5) is 5.69 Å². The molecule has 0 heterocycles. The maximum atomic E-state index is 10.4. The zero-order valence-electron chi connectivity index (χ0n) is 8.20. The topological polar surface area (TPSA) is 43.1 Å². The molecule has 0 saturated heterocycles. The van der Waals surface area contributed by atoms with Crippen molar-refractivity contribution in [3.05, 3.63) is 46.4 Å². The van der Waals surface area contributed by atoms with Gasteiger partial charge in [-0.3, -0.25) is 10.1 Å². The summed E-state index contributed by atoms with van der Waals surface area (Å²) in [5, 5.41) is 10.4. The minimum absolute atomic E-state index is 0.0779. The third-order valence-electron chi connectivity index (χ3n) is 1.96. The van der Waals surface area contributed by atoms with Gasteiger partial charge in [0.15, 0.2) is 3.79 Å². The molecule has 16 heavy (non-hydrogen) atoms.